The zero-order valence-electron chi connectivity index (χ0n) is 19.4. The van der Waals surface area contributed by atoms with Gasteiger partial charge in [0, 0.05) is 25.8 Å². The lowest BCUT2D eigenvalue weighted by atomic mass is 9.79. The SMILES string of the molecule is COc1ccc(CCN2C(=O)N[C@](C)(C3CCN(C(=O)Cn4ccc(C)n4)CC3)C2=O)cc1. The number of amides is 4. The van der Waals surface area contributed by atoms with E-state index in [1.54, 1.807) is 18.0 Å². The molecule has 1 N–H and O–H groups in total. The van der Waals surface area contributed by atoms with E-state index in [1.165, 1.54) is 4.90 Å². The minimum absolute atomic E-state index is 0.0177. The summed E-state index contributed by atoms with van der Waals surface area (Å²) in [5, 5.41) is 7.22. The van der Waals surface area contributed by atoms with Crippen molar-refractivity contribution in [2.24, 2.45) is 5.92 Å². The maximum Gasteiger partial charge on any atom is 0.325 e. The number of urea groups is 1. The van der Waals surface area contributed by atoms with Crippen LogP contribution in [0.15, 0.2) is 36.5 Å². The van der Waals surface area contributed by atoms with Crippen LogP contribution in [-0.4, -0.2) is 69.7 Å². The molecule has 9 heteroatoms. The Hall–Kier alpha value is -3.36. The average Bonchev–Trinajstić information content (AvgIpc) is 3.32. The fourth-order valence-electron chi connectivity index (χ4n) is 4.72. The van der Waals surface area contributed by atoms with Crippen LogP contribution in [0.3, 0.4) is 0 Å². The number of rotatable bonds is 7. The summed E-state index contributed by atoms with van der Waals surface area (Å²) in [7, 11) is 1.61. The molecule has 0 radical (unpaired) electrons. The number of ether oxygens (including phenoxy) is 1. The molecular formula is C24H31N5O4. The monoisotopic (exact) mass is 453 g/mol. The summed E-state index contributed by atoms with van der Waals surface area (Å²) in [5.41, 5.74) is 0.969. The van der Waals surface area contributed by atoms with Crippen molar-refractivity contribution in [3.8, 4) is 5.75 Å². The molecule has 4 amide bonds. The third kappa shape index (κ3) is 4.72. The van der Waals surface area contributed by atoms with Gasteiger partial charge in [0.2, 0.25) is 5.91 Å². The van der Waals surface area contributed by atoms with Gasteiger partial charge in [-0.3, -0.25) is 19.2 Å². The van der Waals surface area contributed by atoms with E-state index in [1.807, 2.05) is 49.1 Å². The average molecular weight is 454 g/mol. The van der Waals surface area contributed by atoms with Crippen molar-refractivity contribution >= 4 is 17.8 Å². The second kappa shape index (κ2) is 9.25. The van der Waals surface area contributed by atoms with Crippen molar-refractivity contribution in [2.75, 3.05) is 26.7 Å². The highest BCUT2D eigenvalue weighted by atomic mass is 16.5. The highest BCUT2D eigenvalue weighted by Gasteiger charge is 2.52. The summed E-state index contributed by atoms with van der Waals surface area (Å²) in [5.74, 6) is 0.587. The number of methoxy groups -OCH3 is 1. The minimum Gasteiger partial charge on any atom is -0.497 e. The van der Waals surface area contributed by atoms with Crippen molar-refractivity contribution in [2.45, 2.75) is 45.2 Å². The van der Waals surface area contributed by atoms with Crippen LogP contribution in [0, 0.1) is 12.8 Å². The van der Waals surface area contributed by atoms with Crippen molar-refractivity contribution in [1.29, 1.82) is 0 Å². The Morgan fingerprint density at radius 1 is 1.18 bits per heavy atom. The summed E-state index contributed by atoms with van der Waals surface area (Å²) in [6.07, 6.45) is 3.71. The van der Waals surface area contributed by atoms with Gasteiger partial charge in [-0.1, -0.05) is 12.1 Å². The van der Waals surface area contributed by atoms with Crippen LogP contribution in [0.1, 0.15) is 31.0 Å². The van der Waals surface area contributed by atoms with Crippen molar-refractivity contribution < 1.29 is 19.1 Å². The maximum atomic E-state index is 13.2. The Morgan fingerprint density at radius 3 is 2.48 bits per heavy atom. The zero-order valence-corrected chi connectivity index (χ0v) is 19.4. The molecule has 1 aromatic heterocycles. The summed E-state index contributed by atoms with van der Waals surface area (Å²) in [6, 6.07) is 9.14. The number of aromatic nitrogens is 2. The number of aryl methyl sites for hydroxylation is 1. The Morgan fingerprint density at radius 2 is 1.88 bits per heavy atom. The molecule has 0 aliphatic carbocycles. The summed E-state index contributed by atoms with van der Waals surface area (Å²) in [4.78, 5) is 41.7. The second-order valence-corrected chi connectivity index (χ2v) is 9.00. The standard InChI is InChI=1S/C24H31N5O4/c1-17-8-14-28(26-17)16-21(30)27-12-10-19(11-13-27)24(2)22(31)29(23(32)25-24)15-9-18-4-6-20(33-3)7-5-18/h4-8,14,19H,9-13,15-16H2,1-3H3,(H,25,32)/t24-/m1/s1. The lowest BCUT2D eigenvalue weighted by Crippen LogP contribution is -2.54. The van der Waals surface area contributed by atoms with Gasteiger partial charge in [-0.15, -0.1) is 0 Å². The smallest absolute Gasteiger partial charge is 0.325 e. The molecule has 176 valence electrons. The van der Waals surface area contributed by atoms with E-state index in [0.717, 1.165) is 17.0 Å². The number of benzene rings is 1. The number of imide groups is 1. The lowest BCUT2D eigenvalue weighted by Gasteiger charge is -2.38. The molecule has 0 bridgehead atoms. The molecule has 33 heavy (non-hydrogen) atoms. The van der Waals surface area contributed by atoms with Gasteiger partial charge >= 0.3 is 6.03 Å². The van der Waals surface area contributed by atoms with Gasteiger partial charge < -0.3 is 15.0 Å². The molecular weight excluding hydrogens is 422 g/mol. The fraction of sp³-hybridized carbons (Fsp3) is 0.500. The molecule has 2 aliphatic rings. The van der Waals surface area contributed by atoms with Gasteiger partial charge in [0.15, 0.2) is 0 Å². The van der Waals surface area contributed by atoms with Gasteiger partial charge in [0.1, 0.15) is 17.8 Å². The van der Waals surface area contributed by atoms with Gasteiger partial charge in [0.25, 0.3) is 5.91 Å². The van der Waals surface area contributed by atoms with E-state index < -0.39 is 5.54 Å². The lowest BCUT2D eigenvalue weighted by molar-refractivity contribution is -0.136. The predicted molar refractivity (Wildman–Crippen MR) is 122 cm³/mol. The molecule has 2 aliphatic heterocycles. The quantitative estimate of drug-likeness (QED) is 0.647. The van der Waals surface area contributed by atoms with E-state index in [-0.39, 0.29) is 30.3 Å². The molecule has 9 nitrogen and oxygen atoms in total. The largest absolute Gasteiger partial charge is 0.497 e. The van der Waals surface area contributed by atoms with E-state index in [2.05, 4.69) is 10.4 Å². The van der Waals surface area contributed by atoms with E-state index in [4.69, 9.17) is 4.74 Å². The van der Waals surface area contributed by atoms with Crippen LogP contribution in [0.25, 0.3) is 0 Å². The van der Waals surface area contributed by atoms with Crippen molar-refractivity contribution in [1.82, 2.24) is 24.9 Å². The predicted octanol–water partition coefficient (Wildman–Crippen LogP) is 1.99. The van der Waals surface area contributed by atoms with Crippen molar-refractivity contribution in [3.63, 3.8) is 0 Å². The third-order valence-electron chi connectivity index (χ3n) is 6.82. The van der Waals surface area contributed by atoms with E-state index >= 15 is 0 Å². The maximum absolute atomic E-state index is 13.2. The Kier molecular flexibility index (Phi) is 6.40. The van der Waals surface area contributed by atoms with E-state index in [9.17, 15) is 14.4 Å². The molecule has 1 atom stereocenters. The van der Waals surface area contributed by atoms with Crippen LogP contribution >= 0.6 is 0 Å². The van der Waals surface area contributed by atoms with Gasteiger partial charge in [-0.2, -0.15) is 5.10 Å². The topological polar surface area (TPSA) is 96.8 Å². The number of nitrogens with zero attached hydrogens (tertiary/aromatic N) is 4. The molecule has 0 spiro atoms. The first-order chi connectivity index (χ1) is 15.8. The highest BCUT2D eigenvalue weighted by Crippen LogP contribution is 2.33. The third-order valence-corrected chi connectivity index (χ3v) is 6.82. The first kappa shape index (κ1) is 22.8. The molecule has 2 aromatic rings. The summed E-state index contributed by atoms with van der Waals surface area (Å²) in [6.45, 7) is 5.37. The second-order valence-electron chi connectivity index (χ2n) is 9.00. The molecule has 3 heterocycles. The van der Waals surface area contributed by atoms with Crippen molar-refractivity contribution in [3.05, 3.63) is 47.8 Å². The number of piperidine rings is 1. The molecule has 0 saturated carbocycles. The number of carbonyl (C=O) groups excluding carboxylic acids is 3. The first-order valence-electron chi connectivity index (χ1n) is 11.3. The van der Waals surface area contributed by atoms with Crippen LogP contribution in [0.5, 0.6) is 5.75 Å². The molecule has 2 fully saturated rings. The number of nitrogens with one attached hydrogen (secondary N) is 1. The zero-order chi connectivity index (χ0) is 23.6. The Bertz CT molecular complexity index is 1030. The van der Waals surface area contributed by atoms with Gasteiger partial charge in [-0.25, -0.2) is 4.79 Å². The van der Waals surface area contributed by atoms with Crippen LogP contribution in [-0.2, 0) is 22.6 Å². The van der Waals surface area contributed by atoms with Gasteiger partial charge in [0.05, 0.1) is 12.8 Å². The molecule has 4 rings (SSSR count). The Balaban J connectivity index is 1.32. The minimum atomic E-state index is -0.939. The van der Waals surface area contributed by atoms with Crippen LogP contribution in [0.4, 0.5) is 4.79 Å². The molecule has 1 aromatic carbocycles. The van der Waals surface area contributed by atoms with Crippen LogP contribution < -0.4 is 10.1 Å². The number of hydrogen-bond donors (Lipinski definition) is 1. The molecule has 2 saturated heterocycles. The van der Waals surface area contributed by atoms with Crippen LogP contribution in [0.2, 0.25) is 0 Å². The van der Waals surface area contributed by atoms with E-state index in [0.29, 0.717) is 38.9 Å². The summed E-state index contributed by atoms with van der Waals surface area (Å²) >= 11 is 0. The number of hydrogen-bond acceptors (Lipinski definition) is 5. The first-order valence-corrected chi connectivity index (χ1v) is 11.3. The number of likely N-dealkylation sites (tertiary alicyclic amines) is 1. The van der Waals surface area contributed by atoms with Gasteiger partial charge in [-0.05, 0) is 62.8 Å². The fourth-order valence-corrected chi connectivity index (χ4v) is 4.72. The Labute approximate surface area is 193 Å². The molecule has 0 unspecified atom stereocenters. The highest BCUT2D eigenvalue weighted by molar-refractivity contribution is 6.07. The number of carbonyl (C=O) groups is 3. The normalized spacial score (nSPS) is 21.4. The summed E-state index contributed by atoms with van der Waals surface area (Å²) < 4.78 is 6.82.